The van der Waals surface area contributed by atoms with E-state index in [2.05, 4.69) is 9.84 Å². The summed E-state index contributed by atoms with van der Waals surface area (Å²) in [5.41, 5.74) is 0.373. The Balaban J connectivity index is 2.40. The van der Waals surface area contributed by atoms with Gasteiger partial charge < -0.3 is 4.74 Å². The van der Waals surface area contributed by atoms with E-state index in [1.54, 1.807) is 6.92 Å². The molecular weight excluding hydrogens is 315 g/mol. The quantitative estimate of drug-likeness (QED) is 0.615. The Morgan fingerprint density at radius 3 is 2.61 bits per heavy atom. The predicted molar refractivity (Wildman–Crippen MR) is 74.8 cm³/mol. The number of methoxy groups -OCH3 is 1. The van der Waals surface area contributed by atoms with Crippen LogP contribution in [0.2, 0.25) is 0 Å². The first-order chi connectivity index (χ1) is 10.6. The SMILES string of the molecule is COC(=O)/C=C/C(=O)N1c2cc(C)nn2C(C(F)(F)F)CC1C. The average molecular weight is 331 g/mol. The molecule has 0 bridgehead atoms. The Bertz CT molecular complexity index is 651. The third-order valence-corrected chi connectivity index (χ3v) is 3.56. The van der Waals surface area contributed by atoms with Crippen LogP contribution >= 0.6 is 0 Å². The molecule has 0 saturated heterocycles. The molecule has 1 aromatic heterocycles. The first kappa shape index (κ1) is 17.0. The summed E-state index contributed by atoms with van der Waals surface area (Å²) >= 11 is 0. The highest BCUT2D eigenvalue weighted by Crippen LogP contribution is 2.41. The zero-order chi connectivity index (χ0) is 17.4. The van der Waals surface area contributed by atoms with Crippen LogP contribution in [0.5, 0.6) is 0 Å². The molecule has 23 heavy (non-hydrogen) atoms. The highest BCUT2D eigenvalue weighted by atomic mass is 19.4. The second kappa shape index (κ2) is 6.05. The summed E-state index contributed by atoms with van der Waals surface area (Å²) in [6.07, 6.45) is -2.87. The Morgan fingerprint density at radius 2 is 2.04 bits per heavy atom. The van der Waals surface area contributed by atoms with E-state index in [0.717, 1.165) is 23.9 Å². The van der Waals surface area contributed by atoms with Crippen molar-refractivity contribution in [2.75, 3.05) is 12.0 Å². The highest BCUT2D eigenvalue weighted by molar-refractivity contribution is 6.04. The predicted octanol–water partition coefficient (Wildman–Crippen LogP) is 2.15. The monoisotopic (exact) mass is 331 g/mol. The number of halogens is 3. The van der Waals surface area contributed by atoms with Gasteiger partial charge in [-0.25, -0.2) is 9.48 Å². The van der Waals surface area contributed by atoms with Crippen LogP contribution < -0.4 is 4.90 Å². The van der Waals surface area contributed by atoms with Gasteiger partial charge in [-0.05, 0) is 20.3 Å². The van der Waals surface area contributed by atoms with Crippen LogP contribution in [0.15, 0.2) is 18.2 Å². The van der Waals surface area contributed by atoms with Crippen LogP contribution in [0.4, 0.5) is 19.0 Å². The molecule has 6 nitrogen and oxygen atoms in total. The van der Waals surface area contributed by atoms with Crippen LogP contribution in [0.1, 0.15) is 25.1 Å². The van der Waals surface area contributed by atoms with E-state index in [1.807, 2.05) is 0 Å². The number of amides is 1. The highest BCUT2D eigenvalue weighted by Gasteiger charge is 2.48. The van der Waals surface area contributed by atoms with E-state index in [0.29, 0.717) is 5.69 Å². The van der Waals surface area contributed by atoms with Crippen molar-refractivity contribution < 1.29 is 27.5 Å². The Morgan fingerprint density at radius 1 is 1.39 bits per heavy atom. The standard InChI is InChI=1S/C14H16F3N3O3/c1-8-6-11-19(12(21)4-5-13(22)23-3)9(2)7-10(14(15,16)17)20(11)18-8/h4-6,9-10H,7H2,1-3H3/b5-4+. The zero-order valence-corrected chi connectivity index (χ0v) is 12.8. The molecule has 1 aliphatic rings. The number of aryl methyl sites for hydroxylation is 1. The number of hydrogen-bond donors (Lipinski definition) is 0. The van der Waals surface area contributed by atoms with Gasteiger partial charge in [0.1, 0.15) is 5.82 Å². The number of carbonyl (C=O) groups excluding carboxylic acids is 2. The van der Waals surface area contributed by atoms with Gasteiger partial charge >= 0.3 is 12.1 Å². The maximum Gasteiger partial charge on any atom is 0.410 e. The van der Waals surface area contributed by atoms with Crippen LogP contribution in [-0.2, 0) is 14.3 Å². The van der Waals surface area contributed by atoms with E-state index in [1.165, 1.54) is 17.9 Å². The molecular formula is C14H16F3N3O3. The number of alkyl halides is 3. The second-order valence-corrected chi connectivity index (χ2v) is 5.30. The van der Waals surface area contributed by atoms with Crippen molar-refractivity contribution in [3.63, 3.8) is 0 Å². The summed E-state index contributed by atoms with van der Waals surface area (Å²) in [4.78, 5) is 24.5. The van der Waals surface area contributed by atoms with E-state index < -0.39 is 30.1 Å². The van der Waals surface area contributed by atoms with Crippen LogP contribution in [0, 0.1) is 6.92 Å². The van der Waals surface area contributed by atoms with Gasteiger partial charge in [-0.2, -0.15) is 18.3 Å². The van der Waals surface area contributed by atoms with Crippen molar-refractivity contribution in [3.8, 4) is 0 Å². The lowest BCUT2D eigenvalue weighted by atomic mass is 10.0. The fraction of sp³-hybridized carbons (Fsp3) is 0.500. The number of hydrogen-bond acceptors (Lipinski definition) is 4. The van der Waals surface area contributed by atoms with Gasteiger partial charge in [-0.15, -0.1) is 0 Å². The van der Waals surface area contributed by atoms with Gasteiger partial charge in [0.25, 0.3) is 5.91 Å². The maximum absolute atomic E-state index is 13.2. The van der Waals surface area contributed by atoms with E-state index in [9.17, 15) is 22.8 Å². The lowest BCUT2D eigenvalue weighted by Crippen LogP contribution is -2.47. The summed E-state index contributed by atoms with van der Waals surface area (Å²) in [5, 5.41) is 3.86. The number of nitrogens with zero attached hydrogens (tertiary/aromatic N) is 3. The van der Waals surface area contributed by atoms with Crippen molar-refractivity contribution in [1.82, 2.24) is 9.78 Å². The third kappa shape index (κ3) is 3.38. The molecule has 2 heterocycles. The van der Waals surface area contributed by atoms with Crippen molar-refractivity contribution in [1.29, 1.82) is 0 Å². The van der Waals surface area contributed by atoms with Gasteiger partial charge in [-0.1, -0.05) is 0 Å². The summed E-state index contributed by atoms with van der Waals surface area (Å²) in [5.74, 6) is -1.27. The molecule has 1 aliphatic heterocycles. The van der Waals surface area contributed by atoms with Gasteiger partial charge in [-0.3, -0.25) is 9.69 Å². The number of rotatable bonds is 2. The topological polar surface area (TPSA) is 64.4 Å². The molecule has 0 N–H and O–H groups in total. The second-order valence-electron chi connectivity index (χ2n) is 5.30. The number of ether oxygens (including phenoxy) is 1. The summed E-state index contributed by atoms with van der Waals surface area (Å²) in [7, 11) is 1.16. The summed E-state index contributed by atoms with van der Waals surface area (Å²) < 4.78 is 44.8. The summed E-state index contributed by atoms with van der Waals surface area (Å²) in [6.45, 7) is 3.07. The van der Waals surface area contributed by atoms with Crippen LogP contribution in [-0.4, -0.2) is 41.0 Å². The van der Waals surface area contributed by atoms with Gasteiger partial charge in [0.15, 0.2) is 6.04 Å². The largest absolute Gasteiger partial charge is 0.466 e. The van der Waals surface area contributed by atoms with Crippen LogP contribution in [0.25, 0.3) is 0 Å². The smallest absolute Gasteiger partial charge is 0.410 e. The normalized spacial score (nSPS) is 21.4. The summed E-state index contributed by atoms with van der Waals surface area (Å²) in [6, 6.07) is -1.06. The van der Waals surface area contributed by atoms with Crippen molar-refractivity contribution in [2.45, 2.75) is 38.5 Å². The zero-order valence-electron chi connectivity index (χ0n) is 12.8. The Labute approximate surface area is 130 Å². The molecule has 126 valence electrons. The first-order valence-electron chi connectivity index (χ1n) is 6.87. The number of fused-ring (bicyclic) bond motifs is 1. The molecule has 0 fully saturated rings. The molecule has 0 aromatic carbocycles. The molecule has 2 unspecified atom stereocenters. The minimum atomic E-state index is -4.46. The lowest BCUT2D eigenvalue weighted by Gasteiger charge is -2.38. The van der Waals surface area contributed by atoms with Crippen molar-refractivity contribution in [3.05, 3.63) is 23.9 Å². The van der Waals surface area contributed by atoms with Crippen LogP contribution in [0.3, 0.4) is 0 Å². The van der Waals surface area contributed by atoms with E-state index in [4.69, 9.17) is 0 Å². The number of anilines is 1. The lowest BCUT2D eigenvalue weighted by molar-refractivity contribution is -0.174. The average Bonchev–Trinajstić information content (AvgIpc) is 2.83. The fourth-order valence-electron chi connectivity index (χ4n) is 2.56. The molecule has 0 spiro atoms. The Kier molecular flexibility index (Phi) is 4.49. The number of carbonyl (C=O) groups is 2. The number of aromatic nitrogens is 2. The number of esters is 1. The molecule has 2 atom stereocenters. The van der Waals surface area contributed by atoms with Gasteiger partial charge in [0, 0.05) is 24.3 Å². The van der Waals surface area contributed by atoms with E-state index >= 15 is 0 Å². The van der Waals surface area contributed by atoms with Gasteiger partial charge in [0.05, 0.1) is 12.8 Å². The van der Waals surface area contributed by atoms with E-state index in [-0.39, 0.29) is 12.2 Å². The molecule has 1 aromatic rings. The van der Waals surface area contributed by atoms with Crippen molar-refractivity contribution >= 4 is 17.7 Å². The molecule has 0 radical (unpaired) electrons. The molecule has 9 heteroatoms. The maximum atomic E-state index is 13.2. The third-order valence-electron chi connectivity index (χ3n) is 3.56. The Hall–Kier alpha value is -2.32. The van der Waals surface area contributed by atoms with Crippen molar-refractivity contribution in [2.24, 2.45) is 0 Å². The molecule has 2 rings (SSSR count). The fourth-order valence-corrected chi connectivity index (χ4v) is 2.56. The first-order valence-corrected chi connectivity index (χ1v) is 6.87. The molecule has 0 saturated carbocycles. The minimum Gasteiger partial charge on any atom is -0.466 e. The van der Waals surface area contributed by atoms with Gasteiger partial charge in [0.2, 0.25) is 0 Å². The molecule has 0 aliphatic carbocycles. The molecule has 1 amide bonds. The minimum absolute atomic E-state index is 0.0584.